The smallest absolute Gasteiger partial charge is 0.340 e. The Balaban J connectivity index is 1.72. The Morgan fingerprint density at radius 2 is 1.96 bits per heavy atom. The van der Waals surface area contributed by atoms with Crippen molar-refractivity contribution in [2.75, 3.05) is 17.7 Å². The van der Waals surface area contributed by atoms with Gasteiger partial charge < -0.3 is 15.8 Å². The van der Waals surface area contributed by atoms with Crippen LogP contribution in [0.25, 0.3) is 0 Å². The first kappa shape index (κ1) is 18.2. The minimum absolute atomic E-state index is 0.00678. The number of ketones is 1. The van der Waals surface area contributed by atoms with Gasteiger partial charge in [0.25, 0.3) is 0 Å². The zero-order chi connectivity index (χ0) is 19.0. The van der Waals surface area contributed by atoms with Crippen LogP contribution in [0.1, 0.15) is 39.1 Å². The number of anilines is 2. The predicted octanol–water partition coefficient (Wildman–Crippen LogP) is 3.67. The molecule has 0 radical (unpaired) electrons. The van der Waals surface area contributed by atoms with E-state index in [2.05, 4.69) is 5.32 Å². The molecule has 1 atom stereocenters. The molecule has 1 aliphatic rings. The van der Waals surface area contributed by atoms with Crippen LogP contribution in [0.3, 0.4) is 0 Å². The van der Waals surface area contributed by atoms with Gasteiger partial charge in [-0.15, -0.1) is 0 Å². The zero-order valence-corrected chi connectivity index (χ0v) is 15.1. The molecule has 0 saturated heterocycles. The molecule has 26 heavy (non-hydrogen) atoms. The molecule has 0 aromatic heterocycles. The second kappa shape index (κ2) is 6.97. The number of benzene rings is 2. The van der Waals surface area contributed by atoms with Gasteiger partial charge in [0.05, 0.1) is 22.2 Å². The molecule has 1 heterocycles. The Labute approximate surface area is 159 Å². The molecule has 6 nitrogen and oxygen atoms in total. The van der Waals surface area contributed by atoms with E-state index in [1.54, 1.807) is 25.1 Å². The van der Waals surface area contributed by atoms with Crippen LogP contribution < -0.4 is 11.1 Å². The van der Waals surface area contributed by atoms with Crippen LogP contribution in [0.15, 0.2) is 30.3 Å². The topological polar surface area (TPSA) is 98.5 Å². The van der Waals surface area contributed by atoms with Gasteiger partial charge in [-0.05, 0) is 42.8 Å². The predicted molar refractivity (Wildman–Crippen MR) is 99.0 cm³/mol. The fourth-order valence-corrected chi connectivity index (χ4v) is 3.13. The van der Waals surface area contributed by atoms with Crippen molar-refractivity contribution in [3.05, 3.63) is 57.1 Å². The Hall–Kier alpha value is -2.57. The third kappa shape index (κ3) is 3.38. The third-order valence-electron chi connectivity index (χ3n) is 4.14. The Morgan fingerprint density at radius 3 is 2.69 bits per heavy atom. The monoisotopic (exact) mass is 392 g/mol. The van der Waals surface area contributed by atoms with E-state index in [9.17, 15) is 14.4 Å². The summed E-state index contributed by atoms with van der Waals surface area (Å²) in [6.07, 6.45) is 0. The number of halogens is 2. The molecule has 0 saturated carbocycles. The van der Waals surface area contributed by atoms with E-state index >= 15 is 0 Å². The number of amides is 1. The summed E-state index contributed by atoms with van der Waals surface area (Å²) in [6.45, 7) is 1.28. The fraction of sp³-hybridized carbons (Fsp3) is 0.167. The lowest BCUT2D eigenvalue weighted by molar-refractivity contribution is -0.116. The van der Waals surface area contributed by atoms with E-state index in [0.717, 1.165) is 5.56 Å². The van der Waals surface area contributed by atoms with Gasteiger partial charge in [0.1, 0.15) is 0 Å². The standard InChI is InChI=1S/C18H14Cl2N2O4/c1-8-11-4-9(2-3-14(11)22-17(8)24)15(23)7-26-18(25)12-5-10(19)6-13(20)16(12)21/h2-6,8H,7,21H2,1H3,(H,22,24)/t8-/m1/s1. The second-order valence-electron chi connectivity index (χ2n) is 5.86. The molecule has 2 aromatic carbocycles. The van der Waals surface area contributed by atoms with Crippen LogP contribution >= 0.6 is 23.2 Å². The van der Waals surface area contributed by atoms with Gasteiger partial charge in [0.15, 0.2) is 12.4 Å². The van der Waals surface area contributed by atoms with E-state index in [1.165, 1.54) is 12.1 Å². The average molecular weight is 393 g/mol. The molecule has 0 unspecified atom stereocenters. The highest BCUT2D eigenvalue weighted by molar-refractivity contribution is 6.37. The molecule has 3 rings (SSSR count). The molecule has 0 aliphatic carbocycles. The Morgan fingerprint density at radius 1 is 1.23 bits per heavy atom. The molecule has 8 heteroatoms. The van der Waals surface area contributed by atoms with Crippen molar-refractivity contribution < 1.29 is 19.1 Å². The van der Waals surface area contributed by atoms with Crippen molar-refractivity contribution in [3.63, 3.8) is 0 Å². The van der Waals surface area contributed by atoms with Gasteiger partial charge in [-0.1, -0.05) is 23.2 Å². The van der Waals surface area contributed by atoms with Crippen LogP contribution in [-0.2, 0) is 9.53 Å². The van der Waals surface area contributed by atoms with Crippen molar-refractivity contribution in [1.29, 1.82) is 0 Å². The summed E-state index contributed by atoms with van der Waals surface area (Å²) in [7, 11) is 0. The molecule has 0 spiro atoms. The number of nitrogens with one attached hydrogen (secondary N) is 1. The van der Waals surface area contributed by atoms with Crippen LogP contribution in [0.5, 0.6) is 0 Å². The third-order valence-corrected chi connectivity index (χ3v) is 4.67. The number of ether oxygens (including phenoxy) is 1. The number of hydrogen-bond donors (Lipinski definition) is 2. The maximum atomic E-state index is 12.3. The zero-order valence-electron chi connectivity index (χ0n) is 13.6. The summed E-state index contributed by atoms with van der Waals surface area (Å²) in [6, 6.07) is 7.57. The van der Waals surface area contributed by atoms with Gasteiger partial charge in [0, 0.05) is 16.3 Å². The first-order valence-electron chi connectivity index (χ1n) is 7.67. The van der Waals surface area contributed by atoms with E-state index in [4.69, 9.17) is 33.7 Å². The van der Waals surface area contributed by atoms with Gasteiger partial charge >= 0.3 is 5.97 Å². The van der Waals surface area contributed by atoms with Gasteiger partial charge in [-0.3, -0.25) is 9.59 Å². The summed E-state index contributed by atoms with van der Waals surface area (Å²) in [4.78, 5) is 36.2. The molecular weight excluding hydrogens is 379 g/mol. The Bertz CT molecular complexity index is 943. The van der Waals surface area contributed by atoms with Crippen LogP contribution in [0, 0.1) is 0 Å². The summed E-state index contributed by atoms with van der Waals surface area (Å²) in [5.41, 5.74) is 7.53. The second-order valence-corrected chi connectivity index (χ2v) is 6.70. The lowest BCUT2D eigenvalue weighted by Crippen LogP contribution is -2.16. The molecule has 3 N–H and O–H groups in total. The number of esters is 1. The quantitative estimate of drug-likeness (QED) is 0.469. The summed E-state index contributed by atoms with van der Waals surface area (Å²) in [5.74, 6) is -1.66. The normalized spacial score (nSPS) is 15.3. The molecule has 1 amide bonds. The number of hydrogen-bond acceptors (Lipinski definition) is 5. The number of nitrogens with two attached hydrogens (primary N) is 1. The molecular formula is C18H14Cl2N2O4. The van der Waals surface area contributed by atoms with Crippen molar-refractivity contribution in [2.45, 2.75) is 12.8 Å². The molecule has 1 aliphatic heterocycles. The molecule has 2 aromatic rings. The van der Waals surface area contributed by atoms with Crippen molar-refractivity contribution >= 4 is 52.2 Å². The summed E-state index contributed by atoms with van der Waals surface area (Å²) < 4.78 is 5.03. The number of fused-ring (bicyclic) bond motifs is 1. The van der Waals surface area contributed by atoms with Gasteiger partial charge in [-0.25, -0.2) is 4.79 Å². The van der Waals surface area contributed by atoms with Crippen molar-refractivity contribution in [1.82, 2.24) is 0 Å². The van der Waals surface area contributed by atoms with E-state index in [1.807, 2.05) is 0 Å². The minimum atomic E-state index is -0.799. The van der Waals surface area contributed by atoms with Crippen LogP contribution in [0.4, 0.5) is 11.4 Å². The highest BCUT2D eigenvalue weighted by Crippen LogP contribution is 2.33. The molecule has 0 bridgehead atoms. The number of Topliss-reactive ketones (excluding diaryl/α,β-unsaturated/α-hetero) is 1. The summed E-state index contributed by atoms with van der Waals surface area (Å²) >= 11 is 11.7. The van der Waals surface area contributed by atoms with Crippen molar-refractivity contribution in [2.24, 2.45) is 0 Å². The maximum absolute atomic E-state index is 12.3. The largest absolute Gasteiger partial charge is 0.454 e. The lowest BCUT2D eigenvalue weighted by atomic mass is 9.99. The Kier molecular flexibility index (Phi) is 4.89. The average Bonchev–Trinajstić information content (AvgIpc) is 2.89. The highest BCUT2D eigenvalue weighted by atomic mass is 35.5. The van der Waals surface area contributed by atoms with Crippen LogP contribution in [-0.4, -0.2) is 24.3 Å². The number of carbonyl (C=O) groups excluding carboxylic acids is 3. The maximum Gasteiger partial charge on any atom is 0.340 e. The van der Waals surface area contributed by atoms with E-state index in [-0.39, 0.29) is 33.1 Å². The first-order valence-corrected chi connectivity index (χ1v) is 8.43. The first-order chi connectivity index (χ1) is 12.3. The van der Waals surface area contributed by atoms with Crippen LogP contribution in [0.2, 0.25) is 10.0 Å². The number of carbonyl (C=O) groups is 3. The fourth-order valence-electron chi connectivity index (χ4n) is 2.64. The molecule has 0 fully saturated rings. The minimum Gasteiger partial charge on any atom is -0.454 e. The van der Waals surface area contributed by atoms with Gasteiger partial charge in [-0.2, -0.15) is 0 Å². The SMILES string of the molecule is C[C@H]1C(=O)Nc2ccc(C(=O)COC(=O)c3cc(Cl)cc(Cl)c3N)cc21. The van der Waals surface area contributed by atoms with E-state index in [0.29, 0.717) is 11.3 Å². The van der Waals surface area contributed by atoms with Gasteiger partial charge in [0.2, 0.25) is 5.91 Å². The highest BCUT2D eigenvalue weighted by Gasteiger charge is 2.27. The summed E-state index contributed by atoms with van der Waals surface area (Å²) in [5, 5.41) is 3.08. The number of rotatable bonds is 4. The lowest BCUT2D eigenvalue weighted by Gasteiger charge is -2.09. The molecule has 134 valence electrons. The van der Waals surface area contributed by atoms with E-state index < -0.39 is 18.4 Å². The number of nitrogen functional groups attached to an aromatic ring is 1. The van der Waals surface area contributed by atoms with Crippen molar-refractivity contribution in [3.8, 4) is 0 Å².